The second-order valence-corrected chi connectivity index (χ2v) is 5.76. The van der Waals surface area contributed by atoms with E-state index in [0.29, 0.717) is 0 Å². The molecule has 0 aliphatic carbocycles. The van der Waals surface area contributed by atoms with E-state index in [1.54, 1.807) is 0 Å². The Balaban J connectivity index is 4.31. The van der Waals surface area contributed by atoms with Gasteiger partial charge in [0.25, 0.3) is 0 Å². The first-order chi connectivity index (χ1) is 7.88. The Kier molecular flexibility index (Phi) is 7.49. The minimum Gasteiger partial charge on any atom is -0.351 e. The monoisotopic (exact) mass is 241 g/mol. The Labute approximate surface area is 108 Å². The lowest BCUT2D eigenvalue weighted by Gasteiger charge is -2.32. The predicted octanol–water partition coefficient (Wildman–Crippen LogP) is 4.14. The van der Waals surface area contributed by atoms with Gasteiger partial charge in [-0.15, -0.1) is 0 Å². The Morgan fingerprint density at radius 1 is 1.18 bits per heavy atom. The lowest BCUT2D eigenvalue weighted by atomic mass is 9.87. The van der Waals surface area contributed by atoms with E-state index in [0.717, 1.165) is 25.2 Å². The molecule has 2 nitrogen and oxygen atoms in total. The highest BCUT2D eigenvalue weighted by molar-refractivity contribution is 5.78. The zero-order valence-electron chi connectivity index (χ0n) is 12.6. The third kappa shape index (κ3) is 6.09. The average Bonchev–Trinajstić information content (AvgIpc) is 2.34. The minimum absolute atomic E-state index is 0.0239. The Bertz CT molecular complexity index is 227. The first-order valence-corrected chi connectivity index (χ1v) is 7.20. The van der Waals surface area contributed by atoms with Crippen LogP contribution in [-0.4, -0.2) is 11.4 Å². The van der Waals surface area contributed by atoms with Crippen LogP contribution in [0.4, 0.5) is 0 Å². The molecule has 1 N–H and O–H groups in total. The standard InChI is InChI=1S/C15H31NO/c1-7-12(4)10-11-15(6,9-3)16-14(17)13(5)8-2/h12-13H,7-11H2,1-6H3,(H,16,17)/t12?,13?,15-/m0/s1. The topological polar surface area (TPSA) is 29.1 Å². The predicted molar refractivity (Wildman–Crippen MR) is 75.0 cm³/mol. The summed E-state index contributed by atoms with van der Waals surface area (Å²) in [5, 5.41) is 3.23. The molecule has 102 valence electrons. The van der Waals surface area contributed by atoms with Gasteiger partial charge in [0, 0.05) is 11.5 Å². The van der Waals surface area contributed by atoms with Crippen LogP contribution < -0.4 is 5.32 Å². The van der Waals surface area contributed by atoms with Gasteiger partial charge in [0.1, 0.15) is 0 Å². The summed E-state index contributed by atoms with van der Waals surface area (Å²) in [7, 11) is 0. The van der Waals surface area contributed by atoms with Gasteiger partial charge in [-0.1, -0.05) is 41.0 Å². The van der Waals surface area contributed by atoms with Gasteiger partial charge in [-0.05, 0) is 38.5 Å². The zero-order chi connectivity index (χ0) is 13.5. The number of carbonyl (C=O) groups is 1. The van der Waals surface area contributed by atoms with Crippen molar-refractivity contribution >= 4 is 5.91 Å². The van der Waals surface area contributed by atoms with Gasteiger partial charge in [-0.3, -0.25) is 4.79 Å². The third-order valence-electron chi connectivity index (χ3n) is 4.15. The average molecular weight is 241 g/mol. The van der Waals surface area contributed by atoms with Crippen LogP contribution in [0.25, 0.3) is 0 Å². The van der Waals surface area contributed by atoms with Crippen LogP contribution in [0.2, 0.25) is 0 Å². The maximum absolute atomic E-state index is 12.0. The van der Waals surface area contributed by atoms with Crippen molar-refractivity contribution in [2.75, 3.05) is 0 Å². The summed E-state index contributed by atoms with van der Waals surface area (Å²) in [6.45, 7) is 12.9. The van der Waals surface area contributed by atoms with Gasteiger partial charge in [-0.2, -0.15) is 0 Å². The summed E-state index contributed by atoms with van der Waals surface area (Å²) < 4.78 is 0. The fourth-order valence-corrected chi connectivity index (χ4v) is 1.70. The molecule has 0 saturated carbocycles. The zero-order valence-corrected chi connectivity index (χ0v) is 12.6. The number of nitrogens with one attached hydrogen (secondary N) is 1. The summed E-state index contributed by atoms with van der Waals surface area (Å²) in [5.41, 5.74) is -0.0239. The molecule has 2 heteroatoms. The SMILES string of the molecule is CCC(C)CC[C@](C)(CC)NC(=O)C(C)CC. The van der Waals surface area contributed by atoms with Crippen LogP contribution in [-0.2, 0) is 4.79 Å². The van der Waals surface area contributed by atoms with E-state index in [9.17, 15) is 4.79 Å². The molecule has 0 fully saturated rings. The van der Waals surface area contributed by atoms with Crippen molar-refractivity contribution < 1.29 is 4.79 Å². The molecule has 0 aromatic rings. The Hall–Kier alpha value is -0.530. The summed E-state index contributed by atoms with van der Waals surface area (Å²) in [6, 6.07) is 0. The molecule has 0 spiro atoms. The summed E-state index contributed by atoms with van der Waals surface area (Å²) in [6.07, 6.45) is 5.42. The van der Waals surface area contributed by atoms with E-state index in [1.807, 2.05) is 6.92 Å². The normalized spacial score (nSPS) is 18.2. The van der Waals surface area contributed by atoms with Crippen molar-refractivity contribution in [3.8, 4) is 0 Å². The first-order valence-electron chi connectivity index (χ1n) is 7.20. The van der Waals surface area contributed by atoms with Crippen LogP contribution in [0.5, 0.6) is 0 Å². The summed E-state index contributed by atoms with van der Waals surface area (Å²) in [4.78, 5) is 12.0. The fraction of sp³-hybridized carbons (Fsp3) is 0.933. The molecule has 0 radical (unpaired) electrons. The fourth-order valence-electron chi connectivity index (χ4n) is 1.70. The van der Waals surface area contributed by atoms with Crippen molar-refractivity contribution in [1.29, 1.82) is 0 Å². The molecule has 17 heavy (non-hydrogen) atoms. The first kappa shape index (κ1) is 16.5. The molecule has 0 bridgehead atoms. The van der Waals surface area contributed by atoms with Crippen LogP contribution in [0, 0.1) is 11.8 Å². The second kappa shape index (κ2) is 7.73. The quantitative estimate of drug-likeness (QED) is 0.680. The van der Waals surface area contributed by atoms with E-state index in [4.69, 9.17) is 0 Å². The highest BCUT2D eigenvalue weighted by atomic mass is 16.2. The van der Waals surface area contributed by atoms with Crippen LogP contribution in [0.15, 0.2) is 0 Å². The van der Waals surface area contributed by atoms with Crippen LogP contribution >= 0.6 is 0 Å². The van der Waals surface area contributed by atoms with Crippen molar-refractivity contribution in [3.05, 3.63) is 0 Å². The van der Waals surface area contributed by atoms with E-state index >= 15 is 0 Å². The van der Waals surface area contributed by atoms with Gasteiger partial charge in [0.2, 0.25) is 5.91 Å². The molecular formula is C15H31NO. The molecule has 0 saturated heterocycles. The Morgan fingerprint density at radius 3 is 2.18 bits per heavy atom. The van der Waals surface area contributed by atoms with Crippen molar-refractivity contribution in [2.24, 2.45) is 11.8 Å². The molecule has 0 aliphatic rings. The molecule has 3 atom stereocenters. The number of hydrogen-bond donors (Lipinski definition) is 1. The molecule has 0 aromatic heterocycles. The van der Waals surface area contributed by atoms with E-state index in [-0.39, 0.29) is 17.4 Å². The van der Waals surface area contributed by atoms with Crippen LogP contribution in [0.1, 0.15) is 73.6 Å². The summed E-state index contributed by atoms with van der Waals surface area (Å²) >= 11 is 0. The largest absolute Gasteiger partial charge is 0.351 e. The molecule has 0 rings (SSSR count). The third-order valence-corrected chi connectivity index (χ3v) is 4.15. The molecule has 0 aromatic carbocycles. The Morgan fingerprint density at radius 2 is 1.76 bits per heavy atom. The van der Waals surface area contributed by atoms with Gasteiger partial charge in [-0.25, -0.2) is 0 Å². The highest BCUT2D eigenvalue weighted by Gasteiger charge is 2.26. The number of hydrogen-bond acceptors (Lipinski definition) is 1. The van der Waals surface area contributed by atoms with Crippen molar-refractivity contribution in [2.45, 2.75) is 79.2 Å². The van der Waals surface area contributed by atoms with E-state index in [1.165, 1.54) is 12.8 Å². The molecule has 2 unspecified atom stereocenters. The lowest BCUT2D eigenvalue weighted by molar-refractivity contribution is -0.126. The maximum atomic E-state index is 12.0. The minimum atomic E-state index is -0.0239. The number of amides is 1. The van der Waals surface area contributed by atoms with Gasteiger partial charge in [0.05, 0.1) is 0 Å². The van der Waals surface area contributed by atoms with E-state index < -0.39 is 0 Å². The second-order valence-electron chi connectivity index (χ2n) is 5.76. The highest BCUT2D eigenvalue weighted by Crippen LogP contribution is 2.22. The van der Waals surface area contributed by atoms with Crippen molar-refractivity contribution in [1.82, 2.24) is 5.32 Å². The number of carbonyl (C=O) groups excluding carboxylic acids is 1. The van der Waals surface area contributed by atoms with Crippen LogP contribution in [0.3, 0.4) is 0 Å². The molecular weight excluding hydrogens is 210 g/mol. The van der Waals surface area contributed by atoms with Gasteiger partial charge >= 0.3 is 0 Å². The van der Waals surface area contributed by atoms with Crippen molar-refractivity contribution in [3.63, 3.8) is 0 Å². The molecule has 0 heterocycles. The lowest BCUT2D eigenvalue weighted by Crippen LogP contribution is -2.47. The summed E-state index contributed by atoms with van der Waals surface area (Å²) in [5.74, 6) is 1.09. The smallest absolute Gasteiger partial charge is 0.223 e. The van der Waals surface area contributed by atoms with Gasteiger partial charge in [0.15, 0.2) is 0 Å². The molecule has 1 amide bonds. The van der Waals surface area contributed by atoms with E-state index in [2.05, 4.69) is 39.9 Å². The molecule has 0 aliphatic heterocycles. The number of rotatable bonds is 8. The maximum Gasteiger partial charge on any atom is 0.223 e. The van der Waals surface area contributed by atoms with Gasteiger partial charge < -0.3 is 5.32 Å².